The number of hydrogen-bond donors (Lipinski definition) is 0. The summed E-state index contributed by atoms with van der Waals surface area (Å²) in [4.78, 5) is 25.4. The Bertz CT molecular complexity index is 417. The molecule has 0 bridgehead atoms. The van der Waals surface area contributed by atoms with Gasteiger partial charge in [0.25, 0.3) is 0 Å². The van der Waals surface area contributed by atoms with E-state index in [-0.39, 0.29) is 6.61 Å². The molecule has 1 aromatic rings. The molecule has 0 radical (unpaired) electrons. The van der Waals surface area contributed by atoms with Crippen LogP contribution in [-0.2, 0) is 20.9 Å². The zero-order valence-electron chi connectivity index (χ0n) is 10.8. The van der Waals surface area contributed by atoms with Crippen molar-refractivity contribution in [2.45, 2.75) is 18.4 Å². The van der Waals surface area contributed by atoms with Gasteiger partial charge >= 0.3 is 11.9 Å². The third kappa shape index (κ3) is 4.07. The quantitative estimate of drug-likeness (QED) is 0.475. The first kappa shape index (κ1) is 14.6. The number of rotatable bonds is 4. The predicted octanol–water partition coefficient (Wildman–Crippen LogP) is 1.93. The number of thioether (sulfide) groups is 1. The summed E-state index contributed by atoms with van der Waals surface area (Å²) < 4.78 is 4.67. The molecule has 1 rings (SSSR count). The molecule has 0 N–H and O–H groups in total. The molecule has 1 aromatic carbocycles. The maximum atomic E-state index is 11.6. The number of hydrogen-bond acceptors (Lipinski definition) is 4. The van der Waals surface area contributed by atoms with E-state index >= 15 is 0 Å². The van der Waals surface area contributed by atoms with E-state index in [0.717, 1.165) is 10.5 Å². The second-order valence-corrected chi connectivity index (χ2v) is 4.61. The molecule has 1 amide bonds. The Morgan fingerprint density at radius 3 is 2.39 bits per heavy atom. The maximum Gasteiger partial charge on any atom is 0.397 e. The van der Waals surface area contributed by atoms with E-state index in [9.17, 15) is 9.59 Å². The van der Waals surface area contributed by atoms with Crippen LogP contribution in [0.5, 0.6) is 0 Å². The molecule has 0 atom stereocenters. The molecular weight excluding hydrogens is 250 g/mol. The molecule has 0 aliphatic heterocycles. The van der Waals surface area contributed by atoms with E-state index in [4.69, 9.17) is 0 Å². The second kappa shape index (κ2) is 7.06. The van der Waals surface area contributed by atoms with Crippen LogP contribution in [0.25, 0.3) is 0 Å². The van der Waals surface area contributed by atoms with Crippen LogP contribution in [0.15, 0.2) is 29.2 Å². The van der Waals surface area contributed by atoms with E-state index in [1.165, 1.54) is 4.90 Å². The number of likely N-dealkylation sites (N-methyl/N-ethyl adjacent to an activating group) is 1. The molecule has 0 saturated heterocycles. The summed E-state index contributed by atoms with van der Waals surface area (Å²) in [7, 11) is 1.59. The number of benzene rings is 1. The zero-order valence-corrected chi connectivity index (χ0v) is 11.6. The van der Waals surface area contributed by atoms with Gasteiger partial charge in [-0.2, -0.15) is 0 Å². The molecule has 4 nitrogen and oxygen atoms in total. The Labute approximate surface area is 111 Å². The molecule has 0 aromatic heterocycles. The first-order valence-corrected chi connectivity index (χ1v) is 6.86. The van der Waals surface area contributed by atoms with Crippen molar-refractivity contribution in [2.75, 3.05) is 19.9 Å². The smallest absolute Gasteiger partial charge is 0.397 e. The minimum atomic E-state index is -0.805. The van der Waals surface area contributed by atoms with Crippen molar-refractivity contribution in [1.82, 2.24) is 4.90 Å². The third-order valence-electron chi connectivity index (χ3n) is 2.38. The predicted molar refractivity (Wildman–Crippen MR) is 71.3 cm³/mol. The summed E-state index contributed by atoms with van der Waals surface area (Å²) in [6, 6.07) is 7.87. The lowest BCUT2D eigenvalue weighted by Gasteiger charge is -2.16. The Balaban J connectivity index is 2.60. The van der Waals surface area contributed by atoms with E-state index in [1.807, 2.05) is 30.5 Å². The van der Waals surface area contributed by atoms with Crippen LogP contribution in [0.2, 0.25) is 0 Å². The van der Waals surface area contributed by atoms with Crippen molar-refractivity contribution in [3.63, 3.8) is 0 Å². The highest BCUT2D eigenvalue weighted by Gasteiger charge is 2.19. The number of carbonyl (C=O) groups is 2. The van der Waals surface area contributed by atoms with Gasteiger partial charge < -0.3 is 9.64 Å². The molecule has 0 saturated carbocycles. The lowest BCUT2D eigenvalue weighted by atomic mass is 10.2. The lowest BCUT2D eigenvalue weighted by Crippen LogP contribution is -2.34. The minimum Gasteiger partial charge on any atom is -0.459 e. The summed E-state index contributed by atoms with van der Waals surface area (Å²) in [5.74, 6) is -1.42. The molecule has 0 aliphatic rings. The molecule has 0 fully saturated rings. The fourth-order valence-corrected chi connectivity index (χ4v) is 1.83. The van der Waals surface area contributed by atoms with Crippen LogP contribution in [-0.4, -0.2) is 36.7 Å². The van der Waals surface area contributed by atoms with Gasteiger partial charge in [0.15, 0.2) is 0 Å². The van der Waals surface area contributed by atoms with Gasteiger partial charge in [0.2, 0.25) is 0 Å². The van der Waals surface area contributed by atoms with Crippen molar-refractivity contribution in [1.29, 1.82) is 0 Å². The van der Waals surface area contributed by atoms with Gasteiger partial charge in [-0.15, -0.1) is 11.8 Å². The van der Waals surface area contributed by atoms with E-state index < -0.39 is 11.9 Å². The summed E-state index contributed by atoms with van der Waals surface area (Å²) in [6.45, 7) is 2.28. The largest absolute Gasteiger partial charge is 0.459 e. The van der Waals surface area contributed by atoms with Crippen molar-refractivity contribution < 1.29 is 14.3 Å². The first-order chi connectivity index (χ1) is 8.58. The van der Waals surface area contributed by atoms with Gasteiger partial charge in [-0.25, -0.2) is 4.79 Å². The Morgan fingerprint density at radius 1 is 1.28 bits per heavy atom. The van der Waals surface area contributed by atoms with Crippen molar-refractivity contribution in [3.8, 4) is 0 Å². The van der Waals surface area contributed by atoms with E-state index in [2.05, 4.69) is 4.74 Å². The number of amides is 1. The molecule has 5 heteroatoms. The lowest BCUT2D eigenvalue weighted by molar-refractivity contribution is -0.159. The van der Waals surface area contributed by atoms with Gasteiger partial charge in [0.05, 0.1) is 6.61 Å². The van der Waals surface area contributed by atoms with Gasteiger partial charge in [-0.3, -0.25) is 4.79 Å². The molecule has 18 heavy (non-hydrogen) atoms. The molecule has 0 spiro atoms. The van der Waals surface area contributed by atoms with Gasteiger partial charge in [-0.05, 0) is 30.9 Å². The number of ether oxygens (including phenoxy) is 1. The van der Waals surface area contributed by atoms with Crippen LogP contribution in [0.3, 0.4) is 0 Å². The average molecular weight is 267 g/mol. The SMILES string of the molecule is CCOC(=O)C(=O)N(C)Cc1ccc(SC)cc1. The summed E-state index contributed by atoms with van der Waals surface area (Å²) >= 11 is 1.66. The molecule has 0 aliphatic carbocycles. The first-order valence-electron chi connectivity index (χ1n) is 5.63. The highest BCUT2D eigenvalue weighted by Crippen LogP contribution is 2.15. The molecular formula is C13H17NO3S. The molecule has 0 heterocycles. The fourth-order valence-electron chi connectivity index (χ4n) is 1.43. The van der Waals surface area contributed by atoms with Crippen LogP contribution in [0, 0.1) is 0 Å². The molecule has 98 valence electrons. The Morgan fingerprint density at radius 2 is 1.89 bits per heavy atom. The highest BCUT2D eigenvalue weighted by atomic mass is 32.2. The van der Waals surface area contributed by atoms with Crippen LogP contribution in [0.1, 0.15) is 12.5 Å². The van der Waals surface area contributed by atoms with Crippen molar-refractivity contribution in [2.24, 2.45) is 0 Å². The zero-order chi connectivity index (χ0) is 13.5. The topological polar surface area (TPSA) is 46.6 Å². The van der Waals surface area contributed by atoms with Crippen LogP contribution >= 0.6 is 11.8 Å². The summed E-state index contributed by atoms with van der Waals surface area (Å²) in [6.07, 6.45) is 2.01. The van der Waals surface area contributed by atoms with Crippen LogP contribution in [0.4, 0.5) is 0 Å². The number of carbonyl (C=O) groups excluding carboxylic acids is 2. The molecule has 0 unspecified atom stereocenters. The standard InChI is InChI=1S/C13H17NO3S/c1-4-17-13(16)12(15)14(2)9-10-5-7-11(18-3)8-6-10/h5-8H,4,9H2,1-3H3. The van der Waals surface area contributed by atoms with Crippen molar-refractivity contribution >= 4 is 23.6 Å². The average Bonchev–Trinajstić information content (AvgIpc) is 2.39. The van der Waals surface area contributed by atoms with Gasteiger partial charge in [0.1, 0.15) is 0 Å². The van der Waals surface area contributed by atoms with E-state index in [1.54, 1.807) is 25.7 Å². The fraction of sp³-hybridized carbons (Fsp3) is 0.385. The Hall–Kier alpha value is -1.49. The second-order valence-electron chi connectivity index (χ2n) is 3.73. The number of esters is 1. The summed E-state index contributed by atoms with van der Waals surface area (Å²) in [5.41, 5.74) is 0.980. The number of nitrogens with zero attached hydrogens (tertiary/aromatic N) is 1. The summed E-state index contributed by atoms with van der Waals surface area (Å²) in [5, 5.41) is 0. The highest BCUT2D eigenvalue weighted by molar-refractivity contribution is 7.98. The minimum absolute atomic E-state index is 0.209. The third-order valence-corrected chi connectivity index (χ3v) is 3.12. The normalized spacial score (nSPS) is 9.94. The van der Waals surface area contributed by atoms with Gasteiger partial charge in [0, 0.05) is 18.5 Å². The van der Waals surface area contributed by atoms with Crippen LogP contribution < -0.4 is 0 Å². The maximum absolute atomic E-state index is 11.6. The van der Waals surface area contributed by atoms with Crippen molar-refractivity contribution in [3.05, 3.63) is 29.8 Å². The van der Waals surface area contributed by atoms with E-state index in [0.29, 0.717) is 6.54 Å². The monoisotopic (exact) mass is 267 g/mol. The Kier molecular flexibility index (Phi) is 5.71. The van der Waals surface area contributed by atoms with Gasteiger partial charge in [-0.1, -0.05) is 12.1 Å².